The molecular weight excluding hydrogens is 456 g/mol. The lowest BCUT2D eigenvalue weighted by Gasteiger charge is -2.09. The van der Waals surface area contributed by atoms with Crippen molar-refractivity contribution in [2.45, 2.75) is 25.0 Å². The van der Waals surface area contributed by atoms with Gasteiger partial charge in [-0.2, -0.15) is 5.10 Å². The van der Waals surface area contributed by atoms with E-state index in [0.29, 0.717) is 42.9 Å². The van der Waals surface area contributed by atoms with Crippen LogP contribution < -0.4 is 20.1 Å². The van der Waals surface area contributed by atoms with E-state index in [1.807, 2.05) is 18.2 Å². The summed E-state index contributed by atoms with van der Waals surface area (Å²) >= 11 is 1.61. The first-order valence-corrected chi connectivity index (χ1v) is 12.1. The van der Waals surface area contributed by atoms with E-state index in [-0.39, 0.29) is 12.7 Å². The molecule has 0 saturated heterocycles. The van der Waals surface area contributed by atoms with Crippen LogP contribution >= 0.6 is 11.8 Å². The number of ether oxygens (including phenoxy) is 3. The first-order valence-electron chi connectivity index (χ1n) is 11.1. The number of hydrogen-bond donors (Lipinski definition) is 2. The van der Waals surface area contributed by atoms with Gasteiger partial charge < -0.3 is 24.8 Å². The predicted octanol–water partition coefficient (Wildman–Crippen LogP) is 2.95. The van der Waals surface area contributed by atoms with Crippen LogP contribution in [-0.4, -0.2) is 65.0 Å². The molecule has 0 bridgehead atoms. The van der Waals surface area contributed by atoms with Gasteiger partial charge in [-0.15, -0.1) is 0 Å². The number of thioether (sulfide) groups is 1. The average Bonchev–Trinajstić information content (AvgIpc) is 3.48. The molecule has 0 fully saturated rings. The van der Waals surface area contributed by atoms with E-state index in [0.717, 1.165) is 34.6 Å². The molecule has 0 radical (unpaired) electrons. The Balaban J connectivity index is 1.38. The monoisotopic (exact) mass is 484 g/mol. The zero-order valence-corrected chi connectivity index (χ0v) is 20.1. The minimum absolute atomic E-state index is 0.190. The average molecular weight is 485 g/mol. The van der Waals surface area contributed by atoms with Gasteiger partial charge in [-0.1, -0.05) is 24.8 Å². The maximum absolute atomic E-state index is 12.3. The number of benzene rings is 1. The summed E-state index contributed by atoms with van der Waals surface area (Å²) in [6.45, 7) is 4.45. The Kier molecular flexibility index (Phi) is 8.21. The summed E-state index contributed by atoms with van der Waals surface area (Å²) in [5.74, 6) is 2.88. The van der Waals surface area contributed by atoms with Gasteiger partial charge in [0.1, 0.15) is 5.82 Å². The Morgan fingerprint density at radius 1 is 1.26 bits per heavy atom. The summed E-state index contributed by atoms with van der Waals surface area (Å²) in [6.07, 6.45) is 6.02. The highest BCUT2D eigenvalue weighted by Gasteiger charge is 2.14. The SMILES string of the molecule is CCCSc1nc(NCCOC)c2cnn(CCNC(=O)/C=C\c3ccc4c(c3)OCO4)c2n1. The number of carbonyl (C=O) groups excluding carboxylic acids is 1. The van der Waals surface area contributed by atoms with Crippen LogP contribution in [0, 0.1) is 0 Å². The van der Waals surface area contributed by atoms with Gasteiger partial charge in [0.15, 0.2) is 22.3 Å². The van der Waals surface area contributed by atoms with Crippen molar-refractivity contribution in [2.24, 2.45) is 0 Å². The van der Waals surface area contributed by atoms with E-state index in [9.17, 15) is 4.79 Å². The lowest BCUT2D eigenvalue weighted by Crippen LogP contribution is -2.25. The third kappa shape index (κ3) is 5.97. The molecule has 4 rings (SSSR count). The van der Waals surface area contributed by atoms with E-state index in [2.05, 4.69) is 27.6 Å². The second kappa shape index (κ2) is 11.7. The summed E-state index contributed by atoms with van der Waals surface area (Å²) in [6, 6.07) is 5.55. The molecule has 1 aliphatic rings. The Labute approximate surface area is 202 Å². The molecule has 0 aliphatic carbocycles. The number of amides is 1. The minimum atomic E-state index is -0.190. The van der Waals surface area contributed by atoms with Crippen LogP contribution in [0.2, 0.25) is 0 Å². The van der Waals surface area contributed by atoms with Crippen LogP contribution in [0.3, 0.4) is 0 Å². The molecule has 2 aromatic heterocycles. The van der Waals surface area contributed by atoms with Crippen molar-refractivity contribution < 1.29 is 19.0 Å². The van der Waals surface area contributed by atoms with Gasteiger partial charge in [0, 0.05) is 32.0 Å². The van der Waals surface area contributed by atoms with Crippen molar-refractivity contribution in [2.75, 3.05) is 44.7 Å². The van der Waals surface area contributed by atoms with Crippen molar-refractivity contribution in [3.63, 3.8) is 0 Å². The van der Waals surface area contributed by atoms with Crippen molar-refractivity contribution in [1.82, 2.24) is 25.1 Å². The van der Waals surface area contributed by atoms with Gasteiger partial charge in [0.2, 0.25) is 12.7 Å². The Bertz CT molecular complexity index is 1170. The number of fused-ring (bicyclic) bond motifs is 2. The molecule has 0 atom stereocenters. The zero-order chi connectivity index (χ0) is 23.8. The lowest BCUT2D eigenvalue weighted by atomic mass is 10.2. The largest absolute Gasteiger partial charge is 0.454 e. The number of methoxy groups -OCH3 is 1. The molecule has 2 N–H and O–H groups in total. The molecule has 1 amide bonds. The van der Waals surface area contributed by atoms with Crippen LogP contribution in [0.5, 0.6) is 11.5 Å². The maximum Gasteiger partial charge on any atom is 0.244 e. The Hall–Kier alpha value is -3.31. The second-order valence-corrected chi connectivity index (χ2v) is 8.53. The van der Waals surface area contributed by atoms with Gasteiger partial charge >= 0.3 is 0 Å². The predicted molar refractivity (Wildman–Crippen MR) is 131 cm³/mol. The van der Waals surface area contributed by atoms with Gasteiger partial charge in [0.05, 0.1) is 24.7 Å². The van der Waals surface area contributed by atoms with Crippen molar-refractivity contribution in [3.8, 4) is 11.5 Å². The second-order valence-electron chi connectivity index (χ2n) is 7.46. The van der Waals surface area contributed by atoms with Gasteiger partial charge in [-0.25, -0.2) is 14.6 Å². The fraction of sp³-hybridized carbons (Fsp3) is 0.391. The third-order valence-electron chi connectivity index (χ3n) is 4.96. The van der Waals surface area contributed by atoms with Crippen molar-refractivity contribution in [1.29, 1.82) is 0 Å². The number of nitrogens with zero attached hydrogens (tertiary/aromatic N) is 4. The topological polar surface area (TPSA) is 112 Å². The quantitative estimate of drug-likeness (QED) is 0.173. The molecule has 3 heterocycles. The summed E-state index contributed by atoms with van der Waals surface area (Å²) < 4.78 is 17.6. The molecule has 180 valence electrons. The molecule has 0 saturated carbocycles. The fourth-order valence-electron chi connectivity index (χ4n) is 3.30. The minimum Gasteiger partial charge on any atom is -0.454 e. The van der Waals surface area contributed by atoms with Gasteiger partial charge in [0.25, 0.3) is 0 Å². The highest BCUT2D eigenvalue weighted by Crippen LogP contribution is 2.32. The molecule has 10 nitrogen and oxygen atoms in total. The smallest absolute Gasteiger partial charge is 0.244 e. The summed E-state index contributed by atoms with van der Waals surface area (Å²) in [5.41, 5.74) is 1.60. The fourth-order valence-corrected chi connectivity index (χ4v) is 3.99. The highest BCUT2D eigenvalue weighted by atomic mass is 32.2. The van der Waals surface area contributed by atoms with E-state index in [1.165, 1.54) is 6.08 Å². The number of carbonyl (C=O) groups is 1. The van der Waals surface area contributed by atoms with Crippen molar-refractivity contribution in [3.05, 3.63) is 36.0 Å². The van der Waals surface area contributed by atoms with Crippen LogP contribution in [-0.2, 0) is 16.1 Å². The molecular formula is C23H28N6O4S. The molecule has 11 heteroatoms. The Morgan fingerprint density at radius 2 is 2.15 bits per heavy atom. The van der Waals surface area contributed by atoms with Gasteiger partial charge in [-0.3, -0.25) is 4.79 Å². The van der Waals surface area contributed by atoms with Gasteiger partial charge in [-0.05, 0) is 30.2 Å². The van der Waals surface area contributed by atoms with E-state index >= 15 is 0 Å². The molecule has 1 aliphatic heterocycles. The van der Waals surface area contributed by atoms with Crippen LogP contribution in [0.1, 0.15) is 18.9 Å². The van der Waals surface area contributed by atoms with Crippen LogP contribution in [0.15, 0.2) is 35.6 Å². The summed E-state index contributed by atoms with van der Waals surface area (Å²) in [4.78, 5) is 21.6. The third-order valence-corrected chi connectivity index (χ3v) is 6.01. The zero-order valence-electron chi connectivity index (χ0n) is 19.2. The first kappa shape index (κ1) is 23.8. The van der Waals surface area contributed by atoms with E-state index in [4.69, 9.17) is 19.2 Å². The molecule has 34 heavy (non-hydrogen) atoms. The highest BCUT2D eigenvalue weighted by molar-refractivity contribution is 7.99. The number of aromatic nitrogens is 4. The van der Waals surface area contributed by atoms with Crippen LogP contribution in [0.25, 0.3) is 17.1 Å². The summed E-state index contributed by atoms with van der Waals surface area (Å²) in [5, 5.41) is 12.2. The normalized spacial score (nSPS) is 12.5. The molecule has 0 spiro atoms. The molecule has 0 unspecified atom stereocenters. The number of anilines is 1. The number of hydrogen-bond acceptors (Lipinski definition) is 9. The lowest BCUT2D eigenvalue weighted by molar-refractivity contribution is -0.116. The maximum atomic E-state index is 12.3. The van der Waals surface area contributed by atoms with E-state index < -0.39 is 0 Å². The summed E-state index contributed by atoms with van der Waals surface area (Å²) in [7, 11) is 1.66. The van der Waals surface area contributed by atoms with Crippen molar-refractivity contribution >= 4 is 40.6 Å². The molecule has 1 aromatic carbocycles. The number of nitrogens with one attached hydrogen (secondary N) is 2. The van der Waals surface area contributed by atoms with E-state index in [1.54, 1.807) is 35.8 Å². The number of rotatable bonds is 12. The first-order chi connectivity index (χ1) is 16.7. The Morgan fingerprint density at radius 3 is 3.00 bits per heavy atom. The van der Waals surface area contributed by atoms with Crippen LogP contribution in [0.4, 0.5) is 5.82 Å². The molecule has 3 aromatic rings. The standard InChI is InChI=1S/C23H28N6O4S/c1-3-12-34-23-27-21(25-9-11-31-2)17-14-26-29(22(17)28-23)10-8-24-20(30)7-5-16-4-6-18-19(13-16)33-15-32-18/h4-7,13-14H,3,8-12,15H2,1-2H3,(H,24,30)(H,25,27,28)/b7-5-.